The Morgan fingerprint density at radius 1 is 1.16 bits per heavy atom. The molecule has 0 aliphatic heterocycles. The highest BCUT2D eigenvalue weighted by Crippen LogP contribution is 2.46. The molecule has 0 aliphatic carbocycles. The van der Waals surface area contributed by atoms with Crippen LogP contribution in [0.25, 0.3) is 21.7 Å². The first-order chi connectivity index (χ1) is 14.9. The predicted molar refractivity (Wildman–Crippen MR) is 119 cm³/mol. The molecule has 0 amide bonds. The smallest absolute Gasteiger partial charge is 0.232 e. The van der Waals surface area contributed by atoms with E-state index in [0.717, 1.165) is 10.6 Å². The summed E-state index contributed by atoms with van der Waals surface area (Å²) in [7, 11) is -0.841. The Balaban J connectivity index is 2.02. The molecular weight excluding hydrogens is 464 g/mol. The number of hydrogen-bond acceptors (Lipinski definition) is 5. The average Bonchev–Trinajstić information content (AvgIpc) is 3.00. The van der Waals surface area contributed by atoms with Crippen molar-refractivity contribution in [2.24, 2.45) is 7.05 Å². The number of pyridine rings is 1. The molecule has 0 unspecified atom stereocenters. The SMILES string of the molecule is CN(c1c2cc(Cc3cc(Cl)c(F)cc3F)cnc2c(O)c2c(O)n(C)cc12)S(C)(=O)=O. The number of anilines is 1. The van der Waals surface area contributed by atoms with E-state index >= 15 is 0 Å². The molecule has 11 heteroatoms. The van der Waals surface area contributed by atoms with Crippen molar-refractivity contribution >= 4 is 49.0 Å². The first-order valence-electron chi connectivity index (χ1n) is 9.29. The zero-order chi connectivity index (χ0) is 23.5. The van der Waals surface area contributed by atoms with Crippen molar-refractivity contribution in [2.45, 2.75) is 6.42 Å². The Labute approximate surface area is 187 Å². The number of hydrogen-bond donors (Lipinski definition) is 2. The fourth-order valence-corrected chi connectivity index (χ4v) is 4.41. The lowest BCUT2D eigenvalue weighted by atomic mass is 10.0. The molecule has 2 heterocycles. The molecule has 0 saturated heterocycles. The van der Waals surface area contributed by atoms with Crippen molar-refractivity contribution in [3.05, 3.63) is 58.4 Å². The zero-order valence-electron chi connectivity index (χ0n) is 17.2. The fourth-order valence-electron chi connectivity index (χ4n) is 3.69. The molecule has 0 saturated carbocycles. The standard InChI is InChI=1S/C21H18ClF2N3O4S/c1-26-9-13-17(21(26)29)20(28)18-12(19(13)27(2)32(3,30)31)5-10(8-25-18)4-11-6-14(22)16(24)7-15(11)23/h5-9,28-29H,4H2,1-3H3. The van der Waals surface area contributed by atoms with Gasteiger partial charge in [-0.2, -0.15) is 0 Å². The van der Waals surface area contributed by atoms with E-state index in [1.807, 2.05) is 0 Å². The molecule has 32 heavy (non-hydrogen) atoms. The molecule has 0 fully saturated rings. The van der Waals surface area contributed by atoms with E-state index in [2.05, 4.69) is 4.98 Å². The summed E-state index contributed by atoms with van der Waals surface area (Å²) in [4.78, 5) is 4.25. The second kappa shape index (κ2) is 7.49. The van der Waals surface area contributed by atoms with Gasteiger partial charge in [0, 0.05) is 49.7 Å². The summed E-state index contributed by atoms with van der Waals surface area (Å²) < 4.78 is 54.8. The molecule has 0 spiro atoms. The molecule has 168 valence electrons. The van der Waals surface area contributed by atoms with Crippen molar-refractivity contribution in [3.63, 3.8) is 0 Å². The topological polar surface area (TPSA) is 95.7 Å². The lowest BCUT2D eigenvalue weighted by molar-refractivity contribution is 0.432. The monoisotopic (exact) mass is 481 g/mol. The van der Waals surface area contributed by atoms with E-state index in [1.54, 1.807) is 13.1 Å². The van der Waals surface area contributed by atoms with Crippen LogP contribution in [0.1, 0.15) is 11.1 Å². The molecule has 0 atom stereocenters. The van der Waals surface area contributed by atoms with Crippen molar-refractivity contribution in [2.75, 3.05) is 17.6 Å². The lowest BCUT2D eigenvalue weighted by Crippen LogP contribution is -2.25. The Morgan fingerprint density at radius 3 is 2.50 bits per heavy atom. The van der Waals surface area contributed by atoms with E-state index in [4.69, 9.17) is 11.6 Å². The second-order valence-corrected chi connectivity index (χ2v) is 9.98. The highest BCUT2D eigenvalue weighted by molar-refractivity contribution is 7.92. The van der Waals surface area contributed by atoms with E-state index in [1.165, 1.54) is 30.1 Å². The van der Waals surface area contributed by atoms with Gasteiger partial charge in [0.1, 0.15) is 17.2 Å². The molecule has 7 nitrogen and oxygen atoms in total. The maximum atomic E-state index is 14.2. The normalized spacial score (nSPS) is 12.1. The molecule has 4 aromatic rings. The van der Waals surface area contributed by atoms with Crippen molar-refractivity contribution in [1.82, 2.24) is 9.55 Å². The van der Waals surface area contributed by atoms with Gasteiger partial charge in [-0.3, -0.25) is 9.29 Å². The van der Waals surface area contributed by atoms with Gasteiger partial charge in [0.25, 0.3) is 0 Å². The molecule has 0 aliphatic rings. The molecule has 4 rings (SSSR count). The Bertz CT molecular complexity index is 1520. The van der Waals surface area contributed by atoms with E-state index in [-0.39, 0.29) is 56.0 Å². The van der Waals surface area contributed by atoms with Crippen LogP contribution in [0.15, 0.2) is 30.6 Å². The Morgan fingerprint density at radius 2 is 1.84 bits per heavy atom. The number of aromatic hydroxyl groups is 2. The Kier molecular flexibility index (Phi) is 5.17. The Hall–Kier alpha value is -3.11. The highest BCUT2D eigenvalue weighted by atomic mass is 35.5. The number of phenols is 1. The second-order valence-electron chi connectivity index (χ2n) is 7.55. The van der Waals surface area contributed by atoms with Crippen LogP contribution in [0.3, 0.4) is 0 Å². The third-order valence-corrected chi connectivity index (χ3v) is 6.83. The van der Waals surface area contributed by atoms with Crippen LogP contribution in [0.5, 0.6) is 11.6 Å². The van der Waals surface area contributed by atoms with Crippen LogP contribution in [0.4, 0.5) is 14.5 Å². The number of benzene rings is 2. The fraction of sp³-hybridized carbons (Fsp3) is 0.190. The summed E-state index contributed by atoms with van der Waals surface area (Å²) in [6.45, 7) is 0. The number of aryl methyl sites for hydroxylation is 1. The van der Waals surface area contributed by atoms with Crippen molar-refractivity contribution in [1.29, 1.82) is 0 Å². The van der Waals surface area contributed by atoms with E-state index in [9.17, 15) is 27.4 Å². The lowest BCUT2D eigenvalue weighted by Gasteiger charge is -2.21. The summed E-state index contributed by atoms with van der Waals surface area (Å²) in [6, 6.07) is 3.44. The number of phenolic OH excluding ortho intramolecular Hbond substituents is 1. The molecule has 0 radical (unpaired) electrons. The minimum absolute atomic E-state index is 0.00432. The summed E-state index contributed by atoms with van der Waals surface area (Å²) in [5, 5.41) is 21.6. The third kappa shape index (κ3) is 3.49. The van der Waals surface area contributed by atoms with Gasteiger partial charge in [-0.15, -0.1) is 0 Å². The van der Waals surface area contributed by atoms with Crippen LogP contribution >= 0.6 is 11.6 Å². The molecule has 2 N–H and O–H groups in total. The minimum Gasteiger partial charge on any atom is -0.505 e. The summed E-state index contributed by atoms with van der Waals surface area (Å²) in [5.74, 6) is -2.23. The number of rotatable bonds is 4. The summed E-state index contributed by atoms with van der Waals surface area (Å²) in [6.07, 6.45) is 3.89. The van der Waals surface area contributed by atoms with Gasteiger partial charge in [0.05, 0.1) is 22.4 Å². The van der Waals surface area contributed by atoms with Crippen LogP contribution < -0.4 is 4.31 Å². The number of aromatic nitrogens is 2. The highest BCUT2D eigenvalue weighted by Gasteiger charge is 2.26. The molecule has 2 aromatic heterocycles. The molecule has 2 aromatic carbocycles. The van der Waals surface area contributed by atoms with Gasteiger partial charge in [-0.25, -0.2) is 17.2 Å². The largest absolute Gasteiger partial charge is 0.505 e. The maximum absolute atomic E-state index is 14.2. The average molecular weight is 482 g/mol. The van der Waals surface area contributed by atoms with Gasteiger partial charge >= 0.3 is 0 Å². The quantitative estimate of drug-likeness (QED) is 0.429. The number of fused-ring (bicyclic) bond motifs is 2. The van der Waals surface area contributed by atoms with Crippen LogP contribution in [-0.2, 0) is 23.5 Å². The maximum Gasteiger partial charge on any atom is 0.232 e. The zero-order valence-corrected chi connectivity index (χ0v) is 18.8. The minimum atomic E-state index is -3.73. The van der Waals surface area contributed by atoms with Crippen molar-refractivity contribution in [3.8, 4) is 11.6 Å². The third-order valence-electron chi connectivity index (χ3n) is 5.36. The summed E-state index contributed by atoms with van der Waals surface area (Å²) >= 11 is 5.78. The predicted octanol–water partition coefficient (Wildman–Crippen LogP) is 4.06. The van der Waals surface area contributed by atoms with Gasteiger partial charge in [0.15, 0.2) is 5.75 Å². The molecule has 0 bridgehead atoms. The van der Waals surface area contributed by atoms with Crippen LogP contribution in [0, 0.1) is 11.6 Å². The van der Waals surface area contributed by atoms with E-state index in [0.29, 0.717) is 11.6 Å². The summed E-state index contributed by atoms with van der Waals surface area (Å²) in [5.41, 5.74) is 0.850. The van der Waals surface area contributed by atoms with Crippen molar-refractivity contribution < 1.29 is 27.4 Å². The number of halogens is 3. The van der Waals surface area contributed by atoms with Gasteiger partial charge in [0.2, 0.25) is 15.9 Å². The van der Waals surface area contributed by atoms with Crippen LogP contribution in [-0.4, -0.2) is 41.5 Å². The first-order valence-corrected chi connectivity index (χ1v) is 11.5. The van der Waals surface area contributed by atoms with E-state index < -0.39 is 21.7 Å². The number of sulfonamides is 1. The van der Waals surface area contributed by atoms with Gasteiger partial charge in [-0.1, -0.05) is 11.6 Å². The number of nitrogens with zero attached hydrogens (tertiary/aromatic N) is 3. The van der Waals surface area contributed by atoms with Gasteiger partial charge in [-0.05, 0) is 23.3 Å². The van der Waals surface area contributed by atoms with Gasteiger partial charge < -0.3 is 14.8 Å². The van der Waals surface area contributed by atoms with Crippen LogP contribution in [0.2, 0.25) is 5.02 Å². The molecular formula is C21H18ClF2N3O4S. The first kappa shape index (κ1) is 22.1.